The summed E-state index contributed by atoms with van der Waals surface area (Å²) in [5.41, 5.74) is 0.516. The number of carbonyl (C=O) groups excluding carboxylic acids is 1. The van der Waals surface area contributed by atoms with Crippen LogP contribution in [-0.2, 0) is 4.74 Å². The first-order chi connectivity index (χ1) is 11.7. The predicted molar refractivity (Wildman–Crippen MR) is 89.3 cm³/mol. The van der Waals surface area contributed by atoms with Gasteiger partial charge < -0.3 is 24.7 Å². The summed E-state index contributed by atoms with van der Waals surface area (Å²) in [6.45, 7) is 6.02. The van der Waals surface area contributed by atoms with E-state index in [9.17, 15) is 4.79 Å². The predicted octanol–water partition coefficient (Wildman–Crippen LogP) is 1.06. The summed E-state index contributed by atoms with van der Waals surface area (Å²) < 4.78 is 10.3. The van der Waals surface area contributed by atoms with E-state index in [-0.39, 0.29) is 5.91 Å². The van der Waals surface area contributed by atoms with Crippen molar-refractivity contribution in [2.24, 2.45) is 0 Å². The Hall–Kier alpha value is -2.61. The lowest BCUT2D eigenvalue weighted by atomic mass is 10.3. The maximum atomic E-state index is 11.8. The lowest BCUT2D eigenvalue weighted by Gasteiger charge is -2.28. The molecule has 8 nitrogen and oxygen atoms in total. The monoisotopic (exact) mass is 331 g/mol. The molecule has 1 aliphatic heterocycles. The van der Waals surface area contributed by atoms with Gasteiger partial charge in [-0.3, -0.25) is 4.79 Å². The number of carbonyl (C=O) groups is 1. The highest BCUT2D eigenvalue weighted by Gasteiger charge is 2.14. The number of hydrogen-bond acceptors (Lipinski definition) is 7. The van der Waals surface area contributed by atoms with Crippen molar-refractivity contribution >= 4 is 17.5 Å². The minimum atomic E-state index is -0.154. The van der Waals surface area contributed by atoms with E-state index in [2.05, 4.69) is 25.5 Å². The molecule has 8 heteroatoms. The highest BCUT2D eigenvalue weighted by molar-refractivity contribution is 5.93. The molecule has 1 aliphatic rings. The average molecular weight is 331 g/mol. The Labute approximate surface area is 140 Å². The minimum Gasteiger partial charge on any atom is -0.472 e. The number of anilines is 2. The first-order valence-corrected chi connectivity index (χ1v) is 7.95. The molecule has 1 amide bonds. The number of hydrogen-bond donors (Lipinski definition) is 2. The van der Waals surface area contributed by atoms with Crippen molar-refractivity contribution < 1.29 is 13.9 Å². The fourth-order valence-electron chi connectivity index (χ4n) is 2.46. The fraction of sp³-hybridized carbons (Fsp3) is 0.438. The van der Waals surface area contributed by atoms with Crippen LogP contribution in [0, 0.1) is 6.92 Å². The Kier molecular flexibility index (Phi) is 5.27. The van der Waals surface area contributed by atoms with Crippen LogP contribution in [0.4, 0.5) is 11.6 Å². The van der Waals surface area contributed by atoms with Crippen LogP contribution in [-0.4, -0.2) is 55.3 Å². The molecule has 2 aromatic heterocycles. The summed E-state index contributed by atoms with van der Waals surface area (Å²) in [7, 11) is 0. The summed E-state index contributed by atoms with van der Waals surface area (Å²) in [5.74, 6) is 2.21. The van der Waals surface area contributed by atoms with Crippen molar-refractivity contribution in [3.63, 3.8) is 0 Å². The Morgan fingerprint density at radius 3 is 2.88 bits per heavy atom. The largest absolute Gasteiger partial charge is 0.472 e. The van der Waals surface area contributed by atoms with Crippen molar-refractivity contribution in [1.29, 1.82) is 0 Å². The first-order valence-electron chi connectivity index (χ1n) is 7.95. The molecule has 0 radical (unpaired) electrons. The van der Waals surface area contributed by atoms with E-state index in [1.54, 1.807) is 6.07 Å². The van der Waals surface area contributed by atoms with Gasteiger partial charge in [-0.15, -0.1) is 0 Å². The third kappa shape index (κ3) is 4.23. The molecule has 0 bridgehead atoms. The Morgan fingerprint density at radius 2 is 2.12 bits per heavy atom. The number of morpholine rings is 1. The smallest absolute Gasteiger partial charge is 0.254 e. The standard InChI is InChI=1S/C16H21N5O3/c1-12-19-14(10-15(20-12)21-5-8-23-9-6-21)17-3-4-18-16(22)13-2-7-24-11-13/h2,7,10-11H,3-6,8-9H2,1H3,(H,18,22)(H,17,19,20). The minimum absolute atomic E-state index is 0.154. The van der Waals surface area contributed by atoms with Crippen LogP contribution in [0.15, 0.2) is 29.1 Å². The van der Waals surface area contributed by atoms with Crippen LogP contribution in [0.5, 0.6) is 0 Å². The molecule has 3 rings (SSSR count). The number of aromatic nitrogens is 2. The molecule has 0 saturated carbocycles. The second-order valence-corrected chi connectivity index (χ2v) is 5.45. The van der Waals surface area contributed by atoms with E-state index in [0.29, 0.717) is 37.7 Å². The fourth-order valence-corrected chi connectivity index (χ4v) is 2.46. The molecule has 3 heterocycles. The van der Waals surface area contributed by atoms with Gasteiger partial charge in [-0.2, -0.15) is 0 Å². The summed E-state index contributed by atoms with van der Waals surface area (Å²) in [5, 5.41) is 6.03. The Balaban J connectivity index is 1.51. The topological polar surface area (TPSA) is 92.5 Å². The van der Waals surface area contributed by atoms with Crippen molar-refractivity contribution in [2.75, 3.05) is 49.6 Å². The van der Waals surface area contributed by atoms with Gasteiger partial charge in [0.1, 0.15) is 23.7 Å². The van der Waals surface area contributed by atoms with Gasteiger partial charge in [0.15, 0.2) is 0 Å². The molecular formula is C16H21N5O3. The first kappa shape index (κ1) is 16.3. The molecule has 2 N–H and O–H groups in total. The molecule has 1 fully saturated rings. The number of rotatable bonds is 6. The van der Waals surface area contributed by atoms with Gasteiger partial charge in [-0.25, -0.2) is 9.97 Å². The number of nitrogens with zero attached hydrogens (tertiary/aromatic N) is 3. The lowest BCUT2D eigenvalue weighted by Crippen LogP contribution is -2.37. The summed E-state index contributed by atoms with van der Waals surface area (Å²) in [6, 6.07) is 3.56. The molecule has 0 unspecified atom stereocenters. The quantitative estimate of drug-likeness (QED) is 0.765. The molecule has 128 valence electrons. The number of ether oxygens (including phenoxy) is 1. The van der Waals surface area contributed by atoms with Gasteiger partial charge in [-0.1, -0.05) is 0 Å². The van der Waals surface area contributed by atoms with Crippen LogP contribution >= 0.6 is 0 Å². The van der Waals surface area contributed by atoms with Crippen molar-refractivity contribution in [3.8, 4) is 0 Å². The average Bonchev–Trinajstić information content (AvgIpc) is 3.14. The highest BCUT2D eigenvalue weighted by Crippen LogP contribution is 2.16. The number of nitrogens with one attached hydrogen (secondary N) is 2. The third-order valence-electron chi connectivity index (χ3n) is 3.66. The number of amides is 1. The maximum absolute atomic E-state index is 11.8. The van der Waals surface area contributed by atoms with E-state index in [1.165, 1.54) is 12.5 Å². The Morgan fingerprint density at radius 1 is 1.29 bits per heavy atom. The van der Waals surface area contributed by atoms with Gasteiger partial charge >= 0.3 is 0 Å². The zero-order chi connectivity index (χ0) is 16.8. The molecule has 0 aromatic carbocycles. The van der Waals surface area contributed by atoms with E-state index in [1.807, 2.05) is 13.0 Å². The lowest BCUT2D eigenvalue weighted by molar-refractivity contribution is 0.0954. The van der Waals surface area contributed by atoms with E-state index in [0.717, 1.165) is 24.7 Å². The highest BCUT2D eigenvalue weighted by atomic mass is 16.5. The molecule has 2 aromatic rings. The van der Waals surface area contributed by atoms with E-state index in [4.69, 9.17) is 9.15 Å². The van der Waals surface area contributed by atoms with E-state index < -0.39 is 0 Å². The van der Waals surface area contributed by atoms with Gasteiger partial charge in [-0.05, 0) is 13.0 Å². The SMILES string of the molecule is Cc1nc(NCCNC(=O)c2ccoc2)cc(N2CCOCC2)n1. The van der Waals surface area contributed by atoms with Crippen LogP contribution in [0.25, 0.3) is 0 Å². The number of furan rings is 1. The Bertz CT molecular complexity index is 668. The maximum Gasteiger partial charge on any atom is 0.254 e. The van der Waals surface area contributed by atoms with Gasteiger partial charge in [0.25, 0.3) is 5.91 Å². The summed E-state index contributed by atoms with van der Waals surface area (Å²) in [6.07, 6.45) is 2.90. The third-order valence-corrected chi connectivity index (χ3v) is 3.66. The summed E-state index contributed by atoms with van der Waals surface area (Å²) in [4.78, 5) is 22.8. The molecular weight excluding hydrogens is 310 g/mol. The molecule has 0 aliphatic carbocycles. The van der Waals surface area contributed by atoms with Crippen LogP contribution < -0.4 is 15.5 Å². The zero-order valence-corrected chi connectivity index (χ0v) is 13.6. The normalized spacial score (nSPS) is 14.5. The number of aryl methyl sites for hydroxylation is 1. The van der Waals surface area contributed by atoms with Gasteiger partial charge in [0.05, 0.1) is 25.0 Å². The van der Waals surface area contributed by atoms with Crippen molar-refractivity contribution in [1.82, 2.24) is 15.3 Å². The van der Waals surface area contributed by atoms with Gasteiger partial charge in [0, 0.05) is 32.2 Å². The second kappa shape index (κ2) is 7.78. The van der Waals surface area contributed by atoms with Crippen molar-refractivity contribution in [2.45, 2.75) is 6.92 Å². The zero-order valence-electron chi connectivity index (χ0n) is 13.6. The molecule has 0 spiro atoms. The second-order valence-electron chi connectivity index (χ2n) is 5.45. The van der Waals surface area contributed by atoms with Gasteiger partial charge in [0.2, 0.25) is 0 Å². The molecule has 24 heavy (non-hydrogen) atoms. The van der Waals surface area contributed by atoms with E-state index >= 15 is 0 Å². The van der Waals surface area contributed by atoms with Crippen LogP contribution in [0.2, 0.25) is 0 Å². The van der Waals surface area contributed by atoms with Crippen LogP contribution in [0.3, 0.4) is 0 Å². The van der Waals surface area contributed by atoms with Crippen molar-refractivity contribution in [3.05, 3.63) is 36.0 Å². The summed E-state index contributed by atoms with van der Waals surface area (Å²) >= 11 is 0. The molecule has 1 saturated heterocycles. The molecule has 0 atom stereocenters. The van der Waals surface area contributed by atoms with Crippen LogP contribution in [0.1, 0.15) is 16.2 Å².